The van der Waals surface area contributed by atoms with E-state index in [-0.39, 0.29) is 17.5 Å². The zero-order valence-electron chi connectivity index (χ0n) is 18.7. The highest BCUT2D eigenvalue weighted by atomic mass is 79.9. The molecule has 0 aliphatic heterocycles. The topological polar surface area (TPSA) is 103 Å². The molecule has 2 amide bonds. The summed E-state index contributed by atoms with van der Waals surface area (Å²) in [5.74, 6) is 0.0152. The normalized spacial score (nSPS) is 10.7. The zero-order chi connectivity index (χ0) is 24.1. The number of benzene rings is 2. The van der Waals surface area contributed by atoms with Gasteiger partial charge in [-0.1, -0.05) is 24.3 Å². The molecule has 2 aromatic heterocycles. The molecule has 9 nitrogen and oxygen atoms in total. The number of nitrogens with one attached hydrogen (secondary N) is 2. The first-order chi connectivity index (χ1) is 16.4. The highest BCUT2D eigenvalue weighted by Crippen LogP contribution is 2.25. The average Bonchev–Trinajstić information content (AvgIpc) is 3.42. The predicted octanol–water partition coefficient (Wildman–Crippen LogP) is 3.68. The summed E-state index contributed by atoms with van der Waals surface area (Å²) >= 11 is 3.46. The van der Waals surface area contributed by atoms with Gasteiger partial charge in [0, 0.05) is 38.0 Å². The smallest absolute Gasteiger partial charge is 0.271 e. The molecule has 2 heterocycles. The van der Waals surface area contributed by atoms with Gasteiger partial charge in [0.15, 0.2) is 0 Å². The van der Waals surface area contributed by atoms with Gasteiger partial charge in [-0.15, -0.1) is 0 Å². The lowest BCUT2D eigenvalue weighted by Gasteiger charge is -2.10. The second-order valence-corrected chi connectivity index (χ2v) is 8.46. The summed E-state index contributed by atoms with van der Waals surface area (Å²) in [6.07, 6.45) is 4.95. The van der Waals surface area contributed by atoms with Crippen LogP contribution in [0.2, 0.25) is 0 Å². The highest BCUT2D eigenvalue weighted by Gasteiger charge is 2.19. The molecule has 0 spiro atoms. The van der Waals surface area contributed by atoms with Crippen molar-refractivity contribution < 1.29 is 14.3 Å². The molecular weight excluding hydrogens is 500 g/mol. The lowest BCUT2D eigenvalue weighted by Crippen LogP contribution is -2.26. The monoisotopic (exact) mass is 522 g/mol. The van der Waals surface area contributed by atoms with Crippen LogP contribution in [-0.2, 0) is 27.2 Å². The minimum atomic E-state index is -0.352. The molecule has 4 rings (SSSR count). The summed E-state index contributed by atoms with van der Waals surface area (Å²) in [5, 5.41) is 13.8. The van der Waals surface area contributed by atoms with Crippen LogP contribution < -0.4 is 15.4 Å². The Bertz CT molecular complexity index is 1330. The molecule has 10 heteroatoms. The molecule has 0 atom stereocenters. The Labute approximate surface area is 204 Å². The van der Waals surface area contributed by atoms with Gasteiger partial charge in [-0.05, 0) is 45.8 Å². The van der Waals surface area contributed by atoms with Crippen LogP contribution in [0.5, 0.6) is 5.75 Å². The Balaban J connectivity index is 1.42. The highest BCUT2D eigenvalue weighted by molar-refractivity contribution is 9.10. The lowest BCUT2D eigenvalue weighted by molar-refractivity contribution is 0.0942. The maximum atomic E-state index is 12.9. The first-order valence-electron chi connectivity index (χ1n) is 10.5. The average molecular weight is 523 g/mol. The number of aromatic nitrogens is 4. The third kappa shape index (κ3) is 5.52. The summed E-state index contributed by atoms with van der Waals surface area (Å²) in [6, 6.07) is 14.7. The molecule has 174 valence electrons. The van der Waals surface area contributed by atoms with E-state index in [9.17, 15) is 9.59 Å². The first kappa shape index (κ1) is 23.2. The van der Waals surface area contributed by atoms with Crippen molar-refractivity contribution in [3.8, 4) is 5.75 Å². The van der Waals surface area contributed by atoms with Crippen molar-refractivity contribution >= 4 is 33.4 Å². The van der Waals surface area contributed by atoms with Crippen molar-refractivity contribution in [3.63, 3.8) is 0 Å². The molecule has 2 aromatic carbocycles. The number of halogens is 1. The number of hydrogen-bond acceptors (Lipinski definition) is 5. The standard InChI is InChI=1S/C24H23BrN6O3/c1-30-14-17(12-27-30)11-26-24(33)22-20(13-28-31(22)2)29-23(32)18-7-5-6-16(10-18)15-34-21-9-4-3-8-19(21)25/h3-10,12-14H,11,15H2,1-2H3,(H,26,33)(H,29,32). The Morgan fingerprint density at radius 3 is 2.59 bits per heavy atom. The van der Waals surface area contributed by atoms with E-state index in [1.165, 1.54) is 10.9 Å². The number of ether oxygens (including phenoxy) is 1. The molecule has 34 heavy (non-hydrogen) atoms. The molecule has 0 aliphatic carbocycles. The molecule has 0 saturated heterocycles. The van der Waals surface area contributed by atoms with E-state index in [4.69, 9.17) is 4.74 Å². The molecule has 0 saturated carbocycles. The number of amides is 2. The van der Waals surface area contributed by atoms with E-state index in [0.29, 0.717) is 24.4 Å². The van der Waals surface area contributed by atoms with Crippen LogP contribution in [0.4, 0.5) is 5.69 Å². The number of hydrogen-bond donors (Lipinski definition) is 2. The summed E-state index contributed by atoms with van der Waals surface area (Å²) in [5.41, 5.74) is 2.73. The molecule has 0 radical (unpaired) electrons. The fourth-order valence-corrected chi connectivity index (χ4v) is 3.75. The molecule has 0 fully saturated rings. The minimum Gasteiger partial charge on any atom is -0.488 e. The summed E-state index contributed by atoms with van der Waals surface area (Å²) in [7, 11) is 3.45. The Morgan fingerprint density at radius 1 is 1.00 bits per heavy atom. The minimum absolute atomic E-state index is 0.255. The quantitative estimate of drug-likeness (QED) is 0.367. The Hall–Kier alpha value is -3.92. The van der Waals surface area contributed by atoms with Crippen LogP contribution in [0, 0.1) is 0 Å². The van der Waals surface area contributed by atoms with Crippen molar-refractivity contribution in [2.75, 3.05) is 5.32 Å². The Kier molecular flexibility index (Phi) is 7.07. The van der Waals surface area contributed by atoms with Gasteiger partial charge >= 0.3 is 0 Å². The van der Waals surface area contributed by atoms with E-state index in [2.05, 4.69) is 36.8 Å². The lowest BCUT2D eigenvalue weighted by atomic mass is 10.1. The second kappa shape index (κ2) is 10.3. The van der Waals surface area contributed by atoms with Crippen molar-refractivity contribution in [3.05, 3.63) is 94.0 Å². The van der Waals surface area contributed by atoms with Crippen molar-refractivity contribution in [2.24, 2.45) is 14.1 Å². The zero-order valence-corrected chi connectivity index (χ0v) is 20.2. The van der Waals surface area contributed by atoms with E-state index >= 15 is 0 Å². The molecule has 2 N–H and O–H groups in total. The molecule has 0 bridgehead atoms. The number of rotatable bonds is 8. The van der Waals surface area contributed by atoms with Gasteiger partial charge in [0.2, 0.25) is 0 Å². The number of para-hydroxylation sites is 1. The van der Waals surface area contributed by atoms with Gasteiger partial charge in [0.05, 0.1) is 22.6 Å². The molecular formula is C24H23BrN6O3. The first-order valence-corrected chi connectivity index (χ1v) is 11.3. The maximum Gasteiger partial charge on any atom is 0.271 e. The summed E-state index contributed by atoms with van der Waals surface area (Å²) < 4.78 is 9.79. The number of carbonyl (C=O) groups excluding carboxylic acids is 2. The number of carbonyl (C=O) groups is 2. The third-order valence-electron chi connectivity index (χ3n) is 5.03. The van der Waals surface area contributed by atoms with Gasteiger partial charge < -0.3 is 15.4 Å². The fraction of sp³-hybridized carbons (Fsp3) is 0.167. The van der Waals surface area contributed by atoms with Crippen molar-refractivity contribution in [1.82, 2.24) is 24.9 Å². The van der Waals surface area contributed by atoms with Crippen LogP contribution in [0.25, 0.3) is 0 Å². The van der Waals surface area contributed by atoms with E-state index < -0.39 is 0 Å². The van der Waals surface area contributed by atoms with E-state index in [0.717, 1.165) is 21.3 Å². The predicted molar refractivity (Wildman–Crippen MR) is 130 cm³/mol. The summed E-state index contributed by atoms with van der Waals surface area (Å²) in [6.45, 7) is 0.615. The third-order valence-corrected chi connectivity index (χ3v) is 5.69. The van der Waals surface area contributed by atoms with Crippen LogP contribution in [0.15, 0.2) is 71.6 Å². The van der Waals surface area contributed by atoms with Crippen LogP contribution in [0.1, 0.15) is 32.0 Å². The van der Waals surface area contributed by atoms with E-state index in [1.54, 1.807) is 36.1 Å². The van der Waals surface area contributed by atoms with Crippen molar-refractivity contribution in [2.45, 2.75) is 13.2 Å². The van der Waals surface area contributed by atoms with Gasteiger partial charge in [-0.2, -0.15) is 10.2 Å². The van der Waals surface area contributed by atoms with Gasteiger partial charge in [-0.25, -0.2) is 0 Å². The number of anilines is 1. The van der Waals surface area contributed by atoms with Crippen LogP contribution in [0.3, 0.4) is 0 Å². The van der Waals surface area contributed by atoms with Gasteiger partial charge in [0.25, 0.3) is 11.8 Å². The maximum absolute atomic E-state index is 12.9. The van der Waals surface area contributed by atoms with E-state index in [1.807, 2.05) is 43.6 Å². The SMILES string of the molecule is Cn1cc(CNC(=O)c2c(NC(=O)c3cccc(COc4ccccc4Br)c3)cnn2C)cn1. The molecule has 0 unspecified atom stereocenters. The van der Waals surface area contributed by atoms with Crippen LogP contribution in [-0.4, -0.2) is 31.4 Å². The Morgan fingerprint density at radius 2 is 1.82 bits per heavy atom. The summed E-state index contributed by atoms with van der Waals surface area (Å²) in [4.78, 5) is 25.7. The molecule has 4 aromatic rings. The van der Waals surface area contributed by atoms with Crippen molar-refractivity contribution in [1.29, 1.82) is 0 Å². The number of aryl methyl sites for hydroxylation is 2. The number of nitrogens with zero attached hydrogens (tertiary/aromatic N) is 4. The largest absolute Gasteiger partial charge is 0.488 e. The fourth-order valence-electron chi connectivity index (χ4n) is 3.35. The second-order valence-electron chi connectivity index (χ2n) is 7.61. The van der Waals surface area contributed by atoms with Crippen LogP contribution >= 0.6 is 15.9 Å². The molecule has 0 aliphatic rings. The van der Waals surface area contributed by atoms with Gasteiger partial charge in [-0.3, -0.25) is 19.0 Å². The van der Waals surface area contributed by atoms with Gasteiger partial charge in [0.1, 0.15) is 18.1 Å².